The van der Waals surface area contributed by atoms with Crippen LogP contribution in [0, 0.1) is 24.3 Å². The van der Waals surface area contributed by atoms with E-state index in [1.807, 2.05) is 64.1 Å². The van der Waals surface area contributed by atoms with E-state index >= 15 is 0 Å². The minimum absolute atomic E-state index is 0.113. The van der Waals surface area contributed by atoms with Crippen molar-refractivity contribution < 1.29 is 9.53 Å². The molecule has 0 bridgehead atoms. The Labute approximate surface area is 151 Å². The quantitative estimate of drug-likeness (QED) is 0.687. The number of benzene rings is 2. The summed E-state index contributed by atoms with van der Waals surface area (Å²) in [6.45, 7) is 7.95. The number of carbonyl (C=O) groups is 1. The van der Waals surface area contributed by atoms with E-state index in [2.05, 4.69) is 27.9 Å². The van der Waals surface area contributed by atoms with Crippen molar-refractivity contribution in [1.29, 1.82) is 0 Å². The molecule has 0 spiro atoms. The first-order valence-corrected chi connectivity index (χ1v) is 8.79. The van der Waals surface area contributed by atoms with E-state index in [9.17, 15) is 4.79 Å². The molecule has 0 aliphatic rings. The Morgan fingerprint density at radius 3 is 2.52 bits per heavy atom. The molecule has 0 fully saturated rings. The lowest BCUT2D eigenvalue weighted by Gasteiger charge is -2.19. The standard InChI is InChI=1S/C19H22INO2/c1-5-17(23-18-10-12(2)6-7-13(18)3)19(22)21-16-9-8-15(20)11-14(16)4/h6-11,17H,5H2,1-4H3,(H,21,22)/t17-/m0/s1. The Morgan fingerprint density at radius 1 is 1.13 bits per heavy atom. The van der Waals surface area contributed by atoms with Gasteiger partial charge in [0.15, 0.2) is 6.10 Å². The highest BCUT2D eigenvalue weighted by Crippen LogP contribution is 2.23. The first-order chi connectivity index (χ1) is 10.9. The van der Waals surface area contributed by atoms with Gasteiger partial charge in [-0.2, -0.15) is 0 Å². The van der Waals surface area contributed by atoms with Gasteiger partial charge >= 0.3 is 0 Å². The van der Waals surface area contributed by atoms with Gasteiger partial charge < -0.3 is 10.1 Å². The third-order valence-electron chi connectivity index (χ3n) is 3.72. The lowest BCUT2D eigenvalue weighted by Crippen LogP contribution is -2.32. The number of amides is 1. The van der Waals surface area contributed by atoms with Crippen LogP contribution in [0.5, 0.6) is 5.75 Å². The van der Waals surface area contributed by atoms with E-state index in [1.54, 1.807) is 0 Å². The van der Waals surface area contributed by atoms with Crippen LogP contribution >= 0.6 is 22.6 Å². The molecule has 1 N–H and O–H groups in total. The summed E-state index contributed by atoms with van der Waals surface area (Å²) < 4.78 is 7.11. The van der Waals surface area contributed by atoms with Gasteiger partial charge in [-0.15, -0.1) is 0 Å². The summed E-state index contributed by atoms with van der Waals surface area (Å²) >= 11 is 2.26. The molecule has 0 saturated heterocycles. The molecule has 0 aliphatic heterocycles. The van der Waals surface area contributed by atoms with Gasteiger partial charge in [0.1, 0.15) is 5.75 Å². The number of anilines is 1. The molecule has 122 valence electrons. The van der Waals surface area contributed by atoms with E-state index in [0.29, 0.717) is 6.42 Å². The average Bonchev–Trinajstić information content (AvgIpc) is 2.50. The normalized spacial score (nSPS) is 11.9. The van der Waals surface area contributed by atoms with Crippen molar-refractivity contribution in [3.63, 3.8) is 0 Å². The Kier molecular flexibility index (Phi) is 6.04. The summed E-state index contributed by atoms with van der Waals surface area (Å²) in [5.74, 6) is 0.657. The molecule has 0 unspecified atom stereocenters. The number of hydrogen-bond acceptors (Lipinski definition) is 2. The van der Waals surface area contributed by atoms with Gasteiger partial charge in [0.25, 0.3) is 5.91 Å². The summed E-state index contributed by atoms with van der Waals surface area (Å²) in [6.07, 6.45) is 0.108. The maximum Gasteiger partial charge on any atom is 0.265 e. The van der Waals surface area contributed by atoms with Crippen molar-refractivity contribution in [2.24, 2.45) is 0 Å². The van der Waals surface area contributed by atoms with Crippen molar-refractivity contribution >= 4 is 34.2 Å². The zero-order valence-electron chi connectivity index (χ0n) is 13.9. The summed E-state index contributed by atoms with van der Waals surface area (Å²) in [5.41, 5.74) is 4.03. The summed E-state index contributed by atoms with van der Waals surface area (Å²) in [4.78, 5) is 12.5. The zero-order chi connectivity index (χ0) is 17.0. The molecule has 4 heteroatoms. The van der Waals surface area contributed by atoms with Crippen LogP contribution < -0.4 is 10.1 Å². The van der Waals surface area contributed by atoms with Crippen LogP contribution in [0.2, 0.25) is 0 Å². The number of hydrogen-bond donors (Lipinski definition) is 1. The highest BCUT2D eigenvalue weighted by Gasteiger charge is 2.20. The highest BCUT2D eigenvalue weighted by atomic mass is 127. The Morgan fingerprint density at radius 2 is 1.87 bits per heavy atom. The highest BCUT2D eigenvalue weighted by molar-refractivity contribution is 14.1. The number of rotatable bonds is 5. The largest absolute Gasteiger partial charge is 0.480 e. The van der Waals surface area contributed by atoms with E-state index in [-0.39, 0.29) is 5.91 Å². The number of nitrogens with one attached hydrogen (secondary N) is 1. The predicted octanol–water partition coefficient (Wildman–Crippen LogP) is 5.01. The van der Waals surface area contributed by atoms with Crippen molar-refractivity contribution in [2.45, 2.75) is 40.2 Å². The molecular weight excluding hydrogens is 401 g/mol. The predicted molar refractivity (Wildman–Crippen MR) is 103 cm³/mol. The lowest BCUT2D eigenvalue weighted by molar-refractivity contribution is -0.122. The van der Waals surface area contributed by atoms with Gasteiger partial charge in [-0.25, -0.2) is 0 Å². The van der Waals surface area contributed by atoms with Crippen LogP contribution in [-0.4, -0.2) is 12.0 Å². The second-order valence-corrected chi connectivity index (χ2v) is 6.98. The average molecular weight is 423 g/mol. The zero-order valence-corrected chi connectivity index (χ0v) is 16.1. The van der Waals surface area contributed by atoms with Gasteiger partial charge in [0.05, 0.1) is 0 Å². The van der Waals surface area contributed by atoms with Crippen LogP contribution in [0.1, 0.15) is 30.0 Å². The van der Waals surface area contributed by atoms with Gasteiger partial charge in [0, 0.05) is 9.26 Å². The van der Waals surface area contributed by atoms with Crippen molar-refractivity contribution in [1.82, 2.24) is 0 Å². The summed E-state index contributed by atoms with van der Waals surface area (Å²) in [6, 6.07) is 12.0. The Hall–Kier alpha value is -1.56. The monoisotopic (exact) mass is 423 g/mol. The number of ether oxygens (including phenoxy) is 1. The van der Waals surface area contributed by atoms with Crippen molar-refractivity contribution in [3.8, 4) is 5.75 Å². The molecule has 0 aromatic heterocycles. The molecule has 23 heavy (non-hydrogen) atoms. The Balaban J connectivity index is 2.13. The molecule has 1 atom stereocenters. The smallest absolute Gasteiger partial charge is 0.265 e. The van der Waals surface area contributed by atoms with Crippen LogP contribution in [0.4, 0.5) is 5.69 Å². The SMILES string of the molecule is CC[C@H](Oc1cc(C)ccc1C)C(=O)Nc1ccc(I)cc1C. The number of aryl methyl sites for hydroxylation is 3. The van der Waals surface area contributed by atoms with E-state index in [4.69, 9.17) is 4.74 Å². The molecule has 2 rings (SSSR count). The molecule has 0 heterocycles. The van der Waals surface area contributed by atoms with Crippen LogP contribution in [0.3, 0.4) is 0 Å². The van der Waals surface area contributed by atoms with Gasteiger partial charge in [0.2, 0.25) is 0 Å². The van der Waals surface area contributed by atoms with E-state index in [1.165, 1.54) is 0 Å². The van der Waals surface area contributed by atoms with Gasteiger partial charge in [-0.3, -0.25) is 4.79 Å². The lowest BCUT2D eigenvalue weighted by atomic mass is 10.1. The first kappa shape index (κ1) is 17.8. The molecule has 1 amide bonds. The number of carbonyl (C=O) groups excluding carboxylic acids is 1. The molecule has 3 nitrogen and oxygen atoms in total. The van der Waals surface area contributed by atoms with Crippen LogP contribution in [0.25, 0.3) is 0 Å². The van der Waals surface area contributed by atoms with E-state index in [0.717, 1.165) is 31.7 Å². The molecule has 0 saturated carbocycles. The van der Waals surface area contributed by atoms with Gasteiger partial charge in [-0.05, 0) is 90.7 Å². The summed E-state index contributed by atoms with van der Waals surface area (Å²) in [7, 11) is 0. The van der Waals surface area contributed by atoms with Crippen LogP contribution in [0.15, 0.2) is 36.4 Å². The van der Waals surface area contributed by atoms with Crippen LogP contribution in [-0.2, 0) is 4.79 Å². The molecular formula is C19H22INO2. The first-order valence-electron chi connectivity index (χ1n) is 7.71. The molecule has 2 aromatic rings. The fraction of sp³-hybridized carbons (Fsp3) is 0.316. The summed E-state index contributed by atoms with van der Waals surface area (Å²) in [5, 5.41) is 2.98. The second-order valence-electron chi connectivity index (χ2n) is 5.73. The maximum absolute atomic E-state index is 12.5. The minimum atomic E-state index is -0.505. The molecule has 0 radical (unpaired) electrons. The second kappa shape index (κ2) is 7.81. The molecule has 0 aliphatic carbocycles. The van der Waals surface area contributed by atoms with Crippen molar-refractivity contribution in [3.05, 3.63) is 56.7 Å². The Bertz CT molecular complexity index is 713. The fourth-order valence-corrected chi connectivity index (χ4v) is 2.94. The van der Waals surface area contributed by atoms with Gasteiger partial charge in [-0.1, -0.05) is 19.1 Å². The maximum atomic E-state index is 12.5. The van der Waals surface area contributed by atoms with Crippen molar-refractivity contribution in [2.75, 3.05) is 5.32 Å². The minimum Gasteiger partial charge on any atom is -0.480 e. The topological polar surface area (TPSA) is 38.3 Å². The van der Waals surface area contributed by atoms with E-state index < -0.39 is 6.10 Å². The third kappa shape index (κ3) is 4.70. The fourth-order valence-electron chi connectivity index (χ4n) is 2.29. The third-order valence-corrected chi connectivity index (χ3v) is 4.39. The molecule has 2 aromatic carbocycles. The number of halogens is 1.